The lowest BCUT2D eigenvalue weighted by atomic mass is 10.1. The van der Waals surface area contributed by atoms with Crippen molar-refractivity contribution in [1.82, 2.24) is 5.32 Å². The summed E-state index contributed by atoms with van der Waals surface area (Å²) in [4.78, 5) is 11.9. The standard InChI is InChI=1S/C17H20BrNO2/c1-11(2)12(3)19-16(20)10-21-15-9-8-13-6-4-5-7-14(13)17(15)18/h4-9,11-12H,10H2,1-3H3,(H,19,20). The summed E-state index contributed by atoms with van der Waals surface area (Å²) < 4.78 is 6.51. The molecular weight excluding hydrogens is 330 g/mol. The van der Waals surface area contributed by atoms with Crippen molar-refractivity contribution in [2.75, 3.05) is 6.61 Å². The van der Waals surface area contributed by atoms with Gasteiger partial charge >= 0.3 is 0 Å². The van der Waals surface area contributed by atoms with Crippen molar-refractivity contribution in [1.29, 1.82) is 0 Å². The Labute approximate surface area is 133 Å². The van der Waals surface area contributed by atoms with Crippen molar-refractivity contribution in [3.05, 3.63) is 40.9 Å². The van der Waals surface area contributed by atoms with Gasteiger partial charge in [-0.1, -0.05) is 44.2 Å². The van der Waals surface area contributed by atoms with Crippen LogP contribution in [0.3, 0.4) is 0 Å². The van der Waals surface area contributed by atoms with Gasteiger partial charge in [0.2, 0.25) is 0 Å². The van der Waals surface area contributed by atoms with Crippen LogP contribution in [-0.2, 0) is 4.79 Å². The fourth-order valence-corrected chi connectivity index (χ4v) is 2.54. The Bertz CT molecular complexity index is 640. The lowest BCUT2D eigenvalue weighted by molar-refractivity contribution is -0.124. The molecule has 1 unspecified atom stereocenters. The molecule has 0 aliphatic carbocycles. The molecular formula is C17H20BrNO2. The summed E-state index contributed by atoms with van der Waals surface area (Å²) in [6.45, 7) is 6.17. The number of halogens is 1. The molecule has 4 heteroatoms. The van der Waals surface area contributed by atoms with E-state index in [-0.39, 0.29) is 18.6 Å². The normalized spacial score (nSPS) is 12.4. The number of hydrogen-bond donors (Lipinski definition) is 1. The Morgan fingerprint density at radius 2 is 1.90 bits per heavy atom. The number of benzene rings is 2. The molecule has 21 heavy (non-hydrogen) atoms. The first kappa shape index (κ1) is 15.8. The van der Waals surface area contributed by atoms with Crippen LogP contribution in [0.5, 0.6) is 5.75 Å². The third kappa shape index (κ3) is 3.97. The number of carbonyl (C=O) groups is 1. The molecule has 0 fully saturated rings. The molecule has 1 N–H and O–H groups in total. The highest BCUT2D eigenvalue weighted by molar-refractivity contribution is 9.10. The van der Waals surface area contributed by atoms with Gasteiger partial charge < -0.3 is 10.1 Å². The smallest absolute Gasteiger partial charge is 0.258 e. The Morgan fingerprint density at radius 3 is 2.62 bits per heavy atom. The summed E-state index contributed by atoms with van der Waals surface area (Å²) >= 11 is 3.55. The lowest BCUT2D eigenvalue weighted by Crippen LogP contribution is -2.38. The first-order valence-corrected chi connectivity index (χ1v) is 7.87. The zero-order valence-corrected chi connectivity index (χ0v) is 14.1. The van der Waals surface area contributed by atoms with Crippen molar-refractivity contribution in [2.45, 2.75) is 26.8 Å². The molecule has 0 spiro atoms. The summed E-state index contributed by atoms with van der Waals surface area (Å²) in [5, 5.41) is 5.14. The highest BCUT2D eigenvalue weighted by atomic mass is 79.9. The van der Waals surface area contributed by atoms with Gasteiger partial charge in [-0.15, -0.1) is 0 Å². The van der Waals surface area contributed by atoms with Crippen LogP contribution in [0.1, 0.15) is 20.8 Å². The molecule has 112 valence electrons. The van der Waals surface area contributed by atoms with Crippen molar-refractivity contribution in [3.8, 4) is 5.75 Å². The second-order valence-electron chi connectivity index (χ2n) is 5.49. The second-order valence-corrected chi connectivity index (χ2v) is 6.28. The van der Waals surface area contributed by atoms with Gasteiger partial charge in [0.25, 0.3) is 5.91 Å². The molecule has 0 aromatic heterocycles. The van der Waals surface area contributed by atoms with E-state index in [1.54, 1.807) is 0 Å². The number of carbonyl (C=O) groups excluding carboxylic acids is 1. The zero-order chi connectivity index (χ0) is 15.4. The summed E-state index contributed by atoms with van der Waals surface area (Å²) in [6, 6.07) is 12.1. The SMILES string of the molecule is CC(C)C(C)NC(=O)COc1ccc2ccccc2c1Br. The van der Waals surface area contributed by atoms with Gasteiger partial charge in [0.15, 0.2) is 6.61 Å². The first-order valence-electron chi connectivity index (χ1n) is 7.08. The predicted octanol–water partition coefficient (Wildman–Crippen LogP) is 4.14. The molecule has 1 amide bonds. The van der Waals surface area contributed by atoms with Crippen LogP contribution >= 0.6 is 15.9 Å². The third-order valence-electron chi connectivity index (χ3n) is 3.58. The summed E-state index contributed by atoms with van der Waals surface area (Å²) in [5.74, 6) is 0.985. The van der Waals surface area contributed by atoms with Crippen molar-refractivity contribution < 1.29 is 9.53 Å². The Kier molecular flexibility index (Phi) is 5.23. The highest BCUT2D eigenvalue weighted by Crippen LogP contribution is 2.32. The van der Waals surface area contributed by atoms with E-state index in [1.807, 2.05) is 43.3 Å². The van der Waals surface area contributed by atoms with E-state index in [0.717, 1.165) is 15.2 Å². The number of ether oxygens (including phenoxy) is 1. The van der Waals surface area contributed by atoms with Gasteiger partial charge in [0.1, 0.15) is 5.75 Å². The summed E-state index contributed by atoms with van der Waals surface area (Å²) in [7, 11) is 0. The minimum Gasteiger partial charge on any atom is -0.483 e. The fraction of sp³-hybridized carbons (Fsp3) is 0.353. The molecule has 1 atom stereocenters. The average molecular weight is 350 g/mol. The zero-order valence-electron chi connectivity index (χ0n) is 12.5. The molecule has 2 rings (SSSR count). The monoisotopic (exact) mass is 349 g/mol. The van der Waals surface area contributed by atoms with E-state index >= 15 is 0 Å². The van der Waals surface area contributed by atoms with E-state index in [1.165, 1.54) is 0 Å². The van der Waals surface area contributed by atoms with Crippen molar-refractivity contribution >= 4 is 32.6 Å². The van der Waals surface area contributed by atoms with Crippen LogP contribution in [0.25, 0.3) is 10.8 Å². The molecule has 2 aromatic carbocycles. The van der Waals surface area contributed by atoms with Gasteiger partial charge in [-0.25, -0.2) is 0 Å². The number of hydrogen-bond acceptors (Lipinski definition) is 2. The molecule has 0 heterocycles. The van der Waals surface area contributed by atoms with Gasteiger partial charge in [-0.3, -0.25) is 4.79 Å². The minimum atomic E-state index is -0.101. The predicted molar refractivity (Wildman–Crippen MR) is 89.6 cm³/mol. The minimum absolute atomic E-state index is 0.0218. The second kappa shape index (κ2) is 6.94. The molecule has 2 aromatic rings. The summed E-state index contributed by atoms with van der Waals surface area (Å²) in [6.07, 6.45) is 0. The molecule has 0 aliphatic heterocycles. The molecule has 0 radical (unpaired) electrons. The number of nitrogens with one attached hydrogen (secondary N) is 1. The number of amides is 1. The Balaban J connectivity index is 2.04. The quantitative estimate of drug-likeness (QED) is 0.880. The lowest BCUT2D eigenvalue weighted by Gasteiger charge is -2.17. The van der Waals surface area contributed by atoms with Crippen molar-refractivity contribution in [3.63, 3.8) is 0 Å². The molecule has 0 saturated heterocycles. The van der Waals surface area contributed by atoms with Gasteiger partial charge in [0, 0.05) is 6.04 Å². The van der Waals surface area contributed by atoms with Crippen LogP contribution in [0, 0.1) is 5.92 Å². The summed E-state index contributed by atoms with van der Waals surface area (Å²) in [5.41, 5.74) is 0. The van der Waals surface area contributed by atoms with E-state index in [4.69, 9.17) is 4.74 Å². The maximum Gasteiger partial charge on any atom is 0.258 e. The van der Waals surface area contributed by atoms with Crippen LogP contribution in [-0.4, -0.2) is 18.6 Å². The van der Waals surface area contributed by atoms with E-state index < -0.39 is 0 Å². The largest absolute Gasteiger partial charge is 0.483 e. The molecule has 3 nitrogen and oxygen atoms in total. The van der Waals surface area contributed by atoms with Gasteiger partial charge in [0.05, 0.1) is 4.47 Å². The van der Waals surface area contributed by atoms with Crippen molar-refractivity contribution in [2.24, 2.45) is 5.92 Å². The van der Waals surface area contributed by atoms with Gasteiger partial charge in [-0.05, 0) is 45.6 Å². The van der Waals surface area contributed by atoms with Crippen LogP contribution < -0.4 is 10.1 Å². The van der Waals surface area contributed by atoms with Gasteiger partial charge in [-0.2, -0.15) is 0 Å². The molecule has 0 aliphatic rings. The van der Waals surface area contributed by atoms with Crippen LogP contribution in [0.2, 0.25) is 0 Å². The number of rotatable bonds is 5. The average Bonchev–Trinajstić information content (AvgIpc) is 2.46. The van der Waals surface area contributed by atoms with Crippen LogP contribution in [0.15, 0.2) is 40.9 Å². The number of fused-ring (bicyclic) bond motifs is 1. The third-order valence-corrected chi connectivity index (χ3v) is 4.39. The van der Waals surface area contributed by atoms with E-state index in [2.05, 4.69) is 35.1 Å². The highest BCUT2D eigenvalue weighted by Gasteiger charge is 2.12. The Morgan fingerprint density at radius 1 is 1.19 bits per heavy atom. The fourth-order valence-electron chi connectivity index (χ4n) is 1.93. The maximum atomic E-state index is 11.9. The topological polar surface area (TPSA) is 38.3 Å². The van der Waals surface area contributed by atoms with E-state index in [0.29, 0.717) is 11.7 Å². The van der Waals surface area contributed by atoms with Crippen LogP contribution in [0.4, 0.5) is 0 Å². The molecule has 0 bridgehead atoms. The van der Waals surface area contributed by atoms with E-state index in [9.17, 15) is 4.79 Å². The molecule has 0 saturated carbocycles. The Hall–Kier alpha value is -1.55. The first-order chi connectivity index (χ1) is 9.99. The maximum absolute atomic E-state index is 11.9.